The van der Waals surface area contributed by atoms with Gasteiger partial charge in [-0.2, -0.15) is 0 Å². The van der Waals surface area contributed by atoms with Gasteiger partial charge in [0.25, 0.3) is 0 Å². The zero-order valence-electron chi connectivity index (χ0n) is 12.4. The first-order valence-electron chi connectivity index (χ1n) is 7.49. The van der Waals surface area contributed by atoms with E-state index in [1.165, 1.54) is 23.9 Å². The number of rotatable bonds is 2. The number of hydrogen-bond acceptors (Lipinski definition) is 2. The molecule has 21 heavy (non-hydrogen) atoms. The van der Waals surface area contributed by atoms with E-state index in [0.717, 1.165) is 28.2 Å². The van der Waals surface area contributed by atoms with Gasteiger partial charge in [-0.15, -0.1) is 0 Å². The molecule has 1 heterocycles. The van der Waals surface area contributed by atoms with Crippen LogP contribution in [0.25, 0.3) is 22.4 Å². The normalized spacial score (nSPS) is 14.8. The van der Waals surface area contributed by atoms with Crippen molar-refractivity contribution in [1.82, 2.24) is 9.55 Å². The van der Waals surface area contributed by atoms with E-state index >= 15 is 0 Å². The van der Waals surface area contributed by atoms with E-state index in [2.05, 4.69) is 48.7 Å². The Kier molecular flexibility index (Phi) is 2.58. The Morgan fingerprint density at radius 3 is 2.67 bits per heavy atom. The van der Waals surface area contributed by atoms with Crippen LogP contribution in [0.2, 0.25) is 0 Å². The molecule has 0 bridgehead atoms. The summed E-state index contributed by atoms with van der Waals surface area (Å²) in [6.07, 6.45) is 2.47. The zero-order chi connectivity index (χ0) is 14.6. The summed E-state index contributed by atoms with van der Waals surface area (Å²) in [5.74, 6) is 1.02. The van der Waals surface area contributed by atoms with E-state index in [4.69, 9.17) is 10.7 Å². The largest absolute Gasteiger partial charge is 0.398 e. The molecule has 2 N–H and O–H groups in total. The number of nitrogens with two attached hydrogens (primary N) is 1. The van der Waals surface area contributed by atoms with E-state index < -0.39 is 0 Å². The van der Waals surface area contributed by atoms with Crippen molar-refractivity contribution in [2.24, 2.45) is 0 Å². The van der Waals surface area contributed by atoms with Crippen LogP contribution in [0, 0.1) is 13.8 Å². The fourth-order valence-corrected chi connectivity index (χ4v) is 3.10. The molecule has 0 radical (unpaired) electrons. The van der Waals surface area contributed by atoms with Crippen molar-refractivity contribution < 1.29 is 0 Å². The van der Waals surface area contributed by atoms with Crippen LogP contribution in [0.5, 0.6) is 0 Å². The van der Waals surface area contributed by atoms with Crippen LogP contribution in [0.15, 0.2) is 36.4 Å². The van der Waals surface area contributed by atoms with Crippen molar-refractivity contribution in [2.75, 3.05) is 5.73 Å². The Morgan fingerprint density at radius 1 is 1.14 bits per heavy atom. The predicted molar refractivity (Wildman–Crippen MR) is 87.3 cm³/mol. The lowest BCUT2D eigenvalue weighted by molar-refractivity contribution is 0.775. The molecule has 0 amide bonds. The monoisotopic (exact) mass is 277 g/mol. The molecule has 2 aromatic carbocycles. The van der Waals surface area contributed by atoms with Gasteiger partial charge in [0.15, 0.2) is 0 Å². The average molecular weight is 277 g/mol. The number of nitrogens with zero attached hydrogens (tertiary/aromatic N) is 2. The highest BCUT2D eigenvalue weighted by Crippen LogP contribution is 2.42. The molecule has 0 aliphatic heterocycles. The maximum absolute atomic E-state index is 6.34. The summed E-state index contributed by atoms with van der Waals surface area (Å²) < 4.78 is 2.37. The summed E-state index contributed by atoms with van der Waals surface area (Å²) in [6.45, 7) is 4.18. The van der Waals surface area contributed by atoms with Crippen molar-refractivity contribution in [3.8, 4) is 11.4 Å². The molecule has 0 unspecified atom stereocenters. The molecule has 106 valence electrons. The van der Waals surface area contributed by atoms with Crippen molar-refractivity contribution in [2.45, 2.75) is 32.7 Å². The van der Waals surface area contributed by atoms with Crippen molar-refractivity contribution in [1.29, 1.82) is 0 Å². The van der Waals surface area contributed by atoms with E-state index in [1.807, 2.05) is 6.07 Å². The van der Waals surface area contributed by atoms with Gasteiger partial charge in [0.05, 0.1) is 11.0 Å². The van der Waals surface area contributed by atoms with Crippen molar-refractivity contribution in [3.63, 3.8) is 0 Å². The Morgan fingerprint density at radius 2 is 1.90 bits per heavy atom. The molecular weight excluding hydrogens is 258 g/mol. The minimum absolute atomic E-state index is 0.576. The number of hydrogen-bond donors (Lipinski definition) is 1. The molecule has 0 saturated heterocycles. The van der Waals surface area contributed by atoms with Gasteiger partial charge < -0.3 is 10.3 Å². The van der Waals surface area contributed by atoms with Gasteiger partial charge in [-0.05, 0) is 56.0 Å². The number of aryl methyl sites for hydroxylation is 2. The van der Waals surface area contributed by atoms with Gasteiger partial charge in [0.1, 0.15) is 5.82 Å². The molecule has 1 aromatic heterocycles. The second-order valence-corrected chi connectivity index (χ2v) is 6.07. The van der Waals surface area contributed by atoms with Crippen molar-refractivity contribution in [3.05, 3.63) is 47.5 Å². The van der Waals surface area contributed by atoms with Gasteiger partial charge in [-0.25, -0.2) is 4.98 Å². The fraction of sp³-hybridized carbons (Fsp3) is 0.278. The summed E-state index contributed by atoms with van der Waals surface area (Å²) >= 11 is 0. The summed E-state index contributed by atoms with van der Waals surface area (Å²) in [4.78, 5) is 4.87. The second kappa shape index (κ2) is 4.35. The van der Waals surface area contributed by atoms with Crippen LogP contribution >= 0.6 is 0 Å². The third-order valence-electron chi connectivity index (χ3n) is 4.28. The summed E-state index contributed by atoms with van der Waals surface area (Å²) in [5, 5.41) is 0. The second-order valence-electron chi connectivity index (χ2n) is 6.07. The molecule has 1 saturated carbocycles. The fourth-order valence-electron chi connectivity index (χ4n) is 3.10. The van der Waals surface area contributed by atoms with Gasteiger partial charge in [-0.1, -0.05) is 18.2 Å². The molecule has 4 rings (SSSR count). The summed E-state index contributed by atoms with van der Waals surface area (Å²) in [5.41, 5.74) is 12.9. The molecule has 3 nitrogen and oxygen atoms in total. The molecule has 0 spiro atoms. The van der Waals surface area contributed by atoms with E-state index in [0.29, 0.717) is 6.04 Å². The molecule has 1 aliphatic carbocycles. The molecular formula is C18H19N3. The van der Waals surface area contributed by atoms with Crippen LogP contribution in [0.4, 0.5) is 5.69 Å². The number of para-hydroxylation sites is 2. The average Bonchev–Trinajstić information content (AvgIpc) is 3.23. The minimum atomic E-state index is 0.576. The molecule has 0 atom stereocenters. The number of fused-ring (bicyclic) bond motifs is 1. The first-order valence-corrected chi connectivity index (χ1v) is 7.49. The number of aromatic nitrogens is 2. The number of anilines is 1. The van der Waals surface area contributed by atoms with Gasteiger partial charge in [0.2, 0.25) is 0 Å². The van der Waals surface area contributed by atoms with Crippen molar-refractivity contribution >= 4 is 16.7 Å². The van der Waals surface area contributed by atoms with Crippen LogP contribution in [-0.2, 0) is 0 Å². The Labute approximate surface area is 124 Å². The lowest BCUT2D eigenvalue weighted by Gasteiger charge is -2.12. The molecule has 3 heteroatoms. The molecule has 1 aliphatic rings. The number of imidazole rings is 1. The van der Waals surface area contributed by atoms with E-state index in [-0.39, 0.29) is 0 Å². The first kappa shape index (κ1) is 12.5. The van der Waals surface area contributed by atoms with Crippen LogP contribution in [0.3, 0.4) is 0 Å². The minimum Gasteiger partial charge on any atom is -0.398 e. The Hall–Kier alpha value is -2.29. The van der Waals surface area contributed by atoms with Crippen LogP contribution < -0.4 is 5.73 Å². The highest BCUT2D eigenvalue weighted by Gasteiger charge is 2.29. The quantitative estimate of drug-likeness (QED) is 0.712. The predicted octanol–water partition coefficient (Wildman–Crippen LogP) is 4.24. The third-order valence-corrected chi connectivity index (χ3v) is 4.28. The smallest absolute Gasteiger partial charge is 0.143 e. The third kappa shape index (κ3) is 1.92. The molecule has 1 fully saturated rings. The summed E-state index contributed by atoms with van der Waals surface area (Å²) in [6, 6.07) is 13.2. The maximum atomic E-state index is 6.34. The Bertz CT molecular complexity index is 841. The first-order chi connectivity index (χ1) is 10.1. The zero-order valence-corrected chi connectivity index (χ0v) is 12.4. The van der Waals surface area contributed by atoms with Gasteiger partial charge in [-0.3, -0.25) is 0 Å². The number of nitrogen functional groups attached to an aromatic ring is 1. The SMILES string of the molecule is Cc1cc(C)c(N)c(-c2nc3ccccc3n2C2CC2)c1. The van der Waals surface area contributed by atoms with Gasteiger partial charge in [0, 0.05) is 17.3 Å². The van der Waals surface area contributed by atoms with E-state index in [9.17, 15) is 0 Å². The van der Waals surface area contributed by atoms with E-state index in [1.54, 1.807) is 0 Å². The highest BCUT2D eigenvalue weighted by atomic mass is 15.1. The maximum Gasteiger partial charge on any atom is 0.143 e. The van der Waals surface area contributed by atoms with Crippen LogP contribution in [0.1, 0.15) is 30.0 Å². The topological polar surface area (TPSA) is 43.8 Å². The summed E-state index contributed by atoms with van der Waals surface area (Å²) in [7, 11) is 0. The lowest BCUT2D eigenvalue weighted by atomic mass is 10.0. The lowest BCUT2D eigenvalue weighted by Crippen LogP contribution is -2.02. The molecule has 3 aromatic rings. The highest BCUT2D eigenvalue weighted by molar-refractivity contribution is 5.85. The number of benzene rings is 2. The van der Waals surface area contributed by atoms with Gasteiger partial charge >= 0.3 is 0 Å². The standard InChI is InChI=1S/C18H19N3/c1-11-9-12(2)17(19)14(10-11)18-20-15-5-3-4-6-16(15)21(18)13-7-8-13/h3-6,9-10,13H,7-8,19H2,1-2H3. The van der Waals surface area contributed by atoms with Crippen LogP contribution in [-0.4, -0.2) is 9.55 Å². The Balaban J connectivity index is 2.05.